The molecule has 0 aromatic rings. The van der Waals surface area contributed by atoms with Gasteiger partial charge < -0.3 is 10.6 Å². The van der Waals surface area contributed by atoms with E-state index in [1.807, 2.05) is 0 Å². The highest BCUT2D eigenvalue weighted by molar-refractivity contribution is 4.87. The van der Waals surface area contributed by atoms with Crippen molar-refractivity contribution in [1.82, 2.24) is 4.90 Å². The summed E-state index contributed by atoms with van der Waals surface area (Å²) < 4.78 is 0. The molecule has 1 aliphatic carbocycles. The lowest BCUT2D eigenvalue weighted by Gasteiger charge is -2.44. The maximum absolute atomic E-state index is 5.67. The van der Waals surface area contributed by atoms with Crippen LogP contribution in [0.3, 0.4) is 0 Å². The minimum absolute atomic E-state index is 0.814. The van der Waals surface area contributed by atoms with Gasteiger partial charge in [0.15, 0.2) is 0 Å². The molecule has 2 nitrogen and oxygen atoms in total. The summed E-state index contributed by atoms with van der Waals surface area (Å²) in [6.07, 6.45) is 5.54. The Kier molecular flexibility index (Phi) is 2.89. The summed E-state index contributed by atoms with van der Waals surface area (Å²) in [5.41, 5.74) is 5.67. The van der Waals surface area contributed by atoms with E-state index in [4.69, 9.17) is 5.73 Å². The Labute approximate surface area is 81.5 Å². The molecule has 1 aliphatic heterocycles. The Morgan fingerprint density at radius 2 is 1.85 bits per heavy atom. The first-order chi connectivity index (χ1) is 6.29. The van der Waals surface area contributed by atoms with Gasteiger partial charge in [-0.05, 0) is 57.2 Å². The molecule has 0 aromatic carbocycles. The summed E-state index contributed by atoms with van der Waals surface area (Å²) in [6, 6.07) is 0.925. The fourth-order valence-electron chi connectivity index (χ4n) is 2.71. The number of nitrogens with zero attached hydrogens (tertiary/aromatic N) is 1. The second-order valence-electron chi connectivity index (χ2n) is 4.95. The van der Waals surface area contributed by atoms with Crippen molar-refractivity contribution in [2.75, 3.05) is 19.6 Å². The second kappa shape index (κ2) is 3.97. The molecule has 1 saturated carbocycles. The number of rotatable bonds is 2. The van der Waals surface area contributed by atoms with Gasteiger partial charge in [-0.25, -0.2) is 0 Å². The summed E-state index contributed by atoms with van der Waals surface area (Å²) in [6.45, 7) is 5.87. The molecule has 2 aliphatic rings. The van der Waals surface area contributed by atoms with Crippen LogP contribution in [-0.4, -0.2) is 30.6 Å². The molecule has 1 heterocycles. The Morgan fingerprint density at radius 1 is 1.23 bits per heavy atom. The lowest BCUT2D eigenvalue weighted by Crippen LogP contribution is -2.48. The molecule has 0 unspecified atom stereocenters. The third kappa shape index (κ3) is 2.05. The predicted molar refractivity (Wildman–Crippen MR) is 55.5 cm³/mol. The molecular formula is C11H22N2. The van der Waals surface area contributed by atoms with E-state index in [1.54, 1.807) is 0 Å². The van der Waals surface area contributed by atoms with E-state index in [-0.39, 0.29) is 0 Å². The van der Waals surface area contributed by atoms with E-state index in [0.717, 1.165) is 24.4 Å². The number of piperidine rings is 1. The summed E-state index contributed by atoms with van der Waals surface area (Å²) in [7, 11) is 0. The van der Waals surface area contributed by atoms with E-state index < -0.39 is 0 Å². The van der Waals surface area contributed by atoms with E-state index in [1.165, 1.54) is 38.8 Å². The van der Waals surface area contributed by atoms with Gasteiger partial charge in [-0.1, -0.05) is 6.92 Å². The van der Waals surface area contributed by atoms with Crippen molar-refractivity contribution in [3.05, 3.63) is 0 Å². The molecular weight excluding hydrogens is 160 g/mol. The van der Waals surface area contributed by atoms with Crippen LogP contribution in [0.5, 0.6) is 0 Å². The van der Waals surface area contributed by atoms with Crippen LogP contribution < -0.4 is 5.73 Å². The highest BCUT2D eigenvalue weighted by Crippen LogP contribution is 2.33. The molecule has 0 amide bonds. The predicted octanol–water partition coefficient (Wildman–Crippen LogP) is 1.46. The van der Waals surface area contributed by atoms with Gasteiger partial charge in [0.05, 0.1) is 0 Å². The Morgan fingerprint density at radius 3 is 2.31 bits per heavy atom. The topological polar surface area (TPSA) is 29.3 Å². The normalized spacial score (nSPS) is 37.4. The first-order valence-corrected chi connectivity index (χ1v) is 5.73. The van der Waals surface area contributed by atoms with Crippen LogP contribution >= 0.6 is 0 Å². The largest absolute Gasteiger partial charge is 0.330 e. The van der Waals surface area contributed by atoms with Crippen LogP contribution in [0, 0.1) is 11.8 Å². The molecule has 2 fully saturated rings. The first-order valence-electron chi connectivity index (χ1n) is 5.73. The van der Waals surface area contributed by atoms with Crippen molar-refractivity contribution in [2.45, 2.75) is 38.6 Å². The molecule has 1 saturated heterocycles. The average molecular weight is 182 g/mol. The van der Waals surface area contributed by atoms with Crippen molar-refractivity contribution < 1.29 is 0 Å². The molecule has 2 heteroatoms. The lowest BCUT2D eigenvalue weighted by atomic mass is 9.79. The molecule has 0 spiro atoms. The molecule has 0 bridgehead atoms. The van der Waals surface area contributed by atoms with Crippen LogP contribution in [-0.2, 0) is 0 Å². The maximum Gasteiger partial charge on any atom is 0.0100 e. The molecule has 0 atom stereocenters. The van der Waals surface area contributed by atoms with Gasteiger partial charge in [-0.3, -0.25) is 0 Å². The van der Waals surface area contributed by atoms with Gasteiger partial charge in [0.1, 0.15) is 0 Å². The van der Waals surface area contributed by atoms with Crippen molar-refractivity contribution in [1.29, 1.82) is 0 Å². The monoisotopic (exact) mass is 182 g/mol. The van der Waals surface area contributed by atoms with E-state index in [2.05, 4.69) is 11.8 Å². The molecule has 13 heavy (non-hydrogen) atoms. The molecule has 0 aromatic heterocycles. The smallest absolute Gasteiger partial charge is 0.0100 e. The zero-order valence-electron chi connectivity index (χ0n) is 8.71. The Hall–Kier alpha value is -0.0800. The van der Waals surface area contributed by atoms with Crippen LogP contribution in [0.2, 0.25) is 0 Å². The fourth-order valence-corrected chi connectivity index (χ4v) is 2.71. The van der Waals surface area contributed by atoms with Crippen molar-refractivity contribution in [3.63, 3.8) is 0 Å². The van der Waals surface area contributed by atoms with Crippen molar-refractivity contribution >= 4 is 0 Å². The third-order valence-corrected chi connectivity index (χ3v) is 3.85. The highest BCUT2D eigenvalue weighted by Gasteiger charge is 2.32. The summed E-state index contributed by atoms with van der Waals surface area (Å²) in [5, 5.41) is 0. The van der Waals surface area contributed by atoms with Gasteiger partial charge in [0, 0.05) is 6.04 Å². The zero-order valence-corrected chi connectivity index (χ0v) is 8.71. The number of hydrogen-bond donors (Lipinski definition) is 1. The van der Waals surface area contributed by atoms with Gasteiger partial charge in [-0.2, -0.15) is 0 Å². The van der Waals surface area contributed by atoms with Gasteiger partial charge in [-0.15, -0.1) is 0 Å². The Bertz CT molecular complexity index is 155. The summed E-state index contributed by atoms with van der Waals surface area (Å²) in [5.74, 6) is 1.80. The maximum atomic E-state index is 5.67. The molecule has 2 rings (SSSR count). The molecule has 2 N–H and O–H groups in total. The minimum Gasteiger partial charge on any atom is -0.330 e. The van der Waals surface area contributed by atoms with Gasteiger partial charge in [0.2, 0.25) is 0 Å². The average Bonchev–Trinajstić information content (AvgIpc) is 2.13. The van der Waals surface area contributed by atoms with E-state index >= 15 is 0 Å². The number of hydrogen-bond acceptors (Lipinski definition) is 2. The van der Waals surface area contributed by atoms with Gasteiger partial charge >= 0.3 is 0 Å². The van der Waals surface area contributed by atoms with Crippen LogP contribution in [0.25, 0.3) is 0 Å². The second-order valence-corrected chi connectivity index (χ2v) is 4.95. The Balaban J connectivity index is 1.72. The number of nitrogens with two attached hydrogens (primary N) is 1. The van der Waals surface area contributed by atoms with Crippen LogP contribution in [0.4, 0.5) is 0 Å². The van der Waals surface area contributed by atoms with E-state index in [9.17, 15) is 0 Å². The summed E-state index contributed by atoms with van der Waals surface area (Å²) in [4.78, 5) is 2.69. The fraction of sp³-hybridized carbons (Fsp3) is 1.00. The van der Waals surface area contributed by atoms with Crippen LogP contribution in [0.15, 0.2) is 0 Å². The third-order valence-electron chi connectivity index (χ3n) is 3.85. The lowest BCUT2D eigenvalue weighted by molar-refractivity contribution is 0.0557. The minimum atomic E-state index is 0.814. The quantitative estimate of drug-likeness (QED) is 0.700. The van der Waals surface area contributed by atoms with Gasteiger partial charge in [0.25, 0.3) is 0 Å². The zero-order chi connectivity index (χ0) is 9.26. The van der Waals surface area contributed by atoms with Crippen molar-refractivity contribution in [3.8, 4) is 0 Å². The van der Waals surface area contributed by atoms with Crippen LogP contribution in [0.1, 0.15) is 32.6 Å². The summed E-state index contributed by atoms with van der Waals surface area (Å²) >= 11 is 0. The molecule has 0 radical (unpaired) electrons. The molecule has 76 valence electrons. The highest BCUT2D eigenvalue weighted by atomic mass is 15.2. The van der Waals surface area contributed by atoms with E-state index in [0.29, 0.717) is 0 Å². The standard InChI is InChI=1S/C11H22N2/c1-9-6-11(7-9)13-4-2-10(8-12)3-5-13/h9-11H,2-8,12H2,1H3. The van der Waals surface area contributed by atoms with Crippen molar-refractivity contribution in [2.24, 2.45) is 17.6 Å². The first kappa shape index (κ1) is 9.47. The SMILES string of the molecule is CC1CC(N2CCC(CN)CC2)C1. The number of likely N-dealkylation sites (tertiary alicyclic amines) is 1.